The van der Waals surface area contributed by atoms with Crippen LogP contribution in [0.3, 0.4) is 0 Å². The Balaban J connectivity index is 1.67. The van der Waals surface area contributed by atoms with E-state index in [1.165, 1.54) is 16.7 Å². The smallest absolute Gasteiger partial charge is 0.0895 e. The van der Waals surface area contributed by atoms with Gasteiger partial charge in [-0.2, -0.15) is 0 Å². The van der Waals surface area contributed by atoms with E-state index in [9.17, 15) is 5.11 Å². The Morgan fingerprint density at radius 3 is 2.38 bits per heavy atom. The molecule has 5 rings (SSSR count). The molecule has 21 heavy (non-hydrogen) atoms. The Morgan fingerprint density at radius 1 is 0.857 bits per heavy atom. The summed E-state index contributed by atoms with van der Waals surface area (Å²) in [5.41, 5.74) is 6.84. The SMILES string of the molecule is OC1c2ccccc2CC12C=C1CCc3ccccc3C12. The largest absolute Gasteiger partial charge is 0.387 e. The summed E-state index contributed by atoms with van der Waals surface area (Å²) < 4.78 is 0. The van der Waals surface area contributed by atoms with E-state index in [4.69, 9.17) is 0 Å². The van der Waals surface area contributed by atoms with Crippen molar-refractivity contribution in [2.75, 3.05) is 0 Å². The van der Waals surface area contributed by atoms with Gasteiger partial charge in [0.15, 0.2) is 0 Å². The van der Waals surface area contributed by atoms with Crippen LogP contribution < -0.4 is 0 Å². The summed E-state index contributed by atoms with van der Waals surface area (Å²) in [7, 11) is 0. The number of aliphatic hydroxyl groups excluding tert-OH is 1. The van der Waals surface area contributed by atoms with Gasteiger partial charge in [-0.3, -0.25) is 0 Å². The molecule has 2 aromatic carbocycles. The van der Waals surface area contributed by atoms with Crippen LogP contribution in [0.2, 0.25) is 0 Å². The molecular weight excluding hydrogens is 256 g/mol. The van der Waals surface area contributed by atoms with Gasteiger partial charge in [-0.05, 0) is 41.5 Å². The first-order chi connectivity index (χ1) is 10.3. The Bertz CT molecular complexity index is 773. The van der Waals surface area contributed by atoms with E-state index in [0.717, 1.165) is 24.8 Å². The third-order valence-electron chi connectivity index (χ3n) is 5.77. The van der Waals surface area contributed by atoms with E-state index in [-0.39, 0.29) is 11.5 Å². The third kappa shape index (κ3) is 1.35. The zero-order valence-corrected chi connectivity index (χ0v) is 11.9. The van der Waals surface area contributed by atoms with Crippen molar-refractivity contribution >= 4 is 0 Å². The highest BCUT2D eigenvalue weighted by molar-refractivity contribution is 5.55. The van der Waals surface area contributed by atoms with Gasteiger partial charge in [-0.15, -0.1) is 0 Å². The van der Waals surface area contributed by atoms with Crippen LogP contribution in [0.4, 0.5) is 0 Å². The van der Waals surface area contributed by atoms with Crippen molar-refractivity contribution in [2.45, 2.75) is 31.3 Å². The Morgan fingerprint density at radius 2 is 1.57 bits per heavy atom. The Hall–Kier alpha value is -1.86. The van der Waals surface area contributed by atoms with Crippen LogP contribution >= 0.6 is 0 Å². The first-order valence-electron chi connectivity index (χ1n) is 7.85. The molecule has 0 bridgehead atoms. The quantitative estimate of drug-likeness (QED) is 0.722. The standard InChI is InChI=1S/C20H18O/c21-19-17-8-4-2-6-14(17)11-20(19)12-15-10-9-13-5-1-3-7-16(13)18(15)20/h1-8,12,18-19,21H,9-11H2. The zero-order valence-electron chi connectivity index (χ0n) is 11.9. The van der Waals surface area contributed by atoms with Crippen molar-refractivity contribution in [3.05, 3.63) is 82.4 Å². The fourth-order valence-corrected chi connectivity index (χ4v) is 4.86. The molecule has 3 aliphatic carbocycles. The maximum Gasteiger partial charge on any atom is 0.0895 e. The fraction of sp³-hybridized carbons (Fsp3) is 0.300. The highest BCUT2D eigenvalue weighted by atomic mass is 16.3. The molecule has 1 N–H and O–H groups in total. The van der Waals surface area contributed by atoms with Crippen molar-refractivity contribution < 1.29 is 5.11 Å². The van der Waals surface area contributed by atoms with E-state index >= 15 is 0 Å². The molecule has 1 spiro atoms. The lowest BCUT2D eigenvalue weighted by Gasteiger charge is -2.51. The molecule has 0 fully saturated rings. The lowest BCUT2D eigenvalue weighted by atomic mass is 9.53. The number of aliphatic hydroxyl groups is 1. The monoisotopic (exact) mass is 274 g/mol. The first-order valence-corrected chi connectivity index (χ1v) is 7.85. The van der Waals surface area contributed by atoms with Crippen LogP contribution in [0.15, 0.2) is 60.2 Å². The highest BCUT2D eigenvalue weighted by Crippen LogP contribution is 2.65. The predicted octanol–water partition coefficient (Wildman–Crippen LogP) is 3.93. The molecule has 0 aromatic heterocycles. The average molecular weight is 274 g/mol. The fourth-order valence-electron chi connectivity index (χ4n) is 4.86. The van der Waals surface area contributed by atoms with Gasteiger partial charge in [-0.1, -0.05) is 60.2 Å². The van der Waals surface area contributed by atoms with Gasteiger partial charge in [0, 0.05) is 11.3 Å². The molecule has 1 heteroatoms. The lowest BCUT2D eigenvalue weighted by molar-refractivity contribution is 0.0421. The van der Waals surface area contributed by atoms with E-state index in [1.54, 1.807) is 5.57 Å². The molecule has 1 nitrogen and oxygen atoms in total. The minimum Gasteiger partial charge on any atom is -0.387 e. The molecule has 104 valence electrons. The minimum absolute atomic E-state index is 0.0878. The van der Waals surface area contributed by atoms with Gasteiger partial charge < -0.3 is 5.11 Å². The predicted molar refractivity (Wildman–Crippen MR) is 83.1 cm³/mol. The summed E-state index contributed by atoms with van der Waals surface area (Å²) in [6, 6.07) is 17.2. The van der Waals surface area contributed by atoms with Gasteiger partial charge in [0.25, 0.3) is 0 Å². The number of hydrogen-bond acceptors (Lipinski definition) is 1. The second kappa shape index (κ2) is 3.86. The second-order valence-electron chi connectivity index (χ2n) is 6.74. The van der Waals surface area contributed by atoms with Crippen molar-refractivity contribution in [1.82, 2.24) is 0 Å². The van der Waals surface area contributed by atoms with Gasteiger partial charge in [0.2, 0.25) is 0 Å². The van der Waals surface area contributed by atoms with Crippen molar-refractivity contribution in [1.29, 1.82) is 0 Å². The summed E-state index contributed by atoms with van der Waals surface area (Å²) in [4.78, 5) is 0. The molecule has 3 unspecified atom stereocenters. The van der Waals surface area contributed by atoms with E-state index in [1.807, 2.05) is 6.07 Å². The average Bonchev–Trinajstić information content (AvgIpc) is 2.81. The van der Waals surface area contributed by atoms with Crippen molar-refractivity contribution in [3.8, 4) is 0 Å². The number of allylic oxidation sites excluding steroid dienone is 1. The number of aryl methyl sites for hydroxylation is 1. The number of rotatable bonds is 0. The van der Waals surface area contributed by atoms with Gasteiger partial charge in [-0.25, -0.2) is 0 Å². The summed E-state index contributed by atoms with van der Waals surface area (Å²) in [6.45, 7) is 0. The summed E-state index contributed by atoms with van der Waals surface area (Å²) in [5, 5.41) is 11.0. The van der Waals surface area contributed by atoms with E-state index in [2.05, 4.69) is 48.5 Å². The number of fused-ring (bicyclic) bond motifs is 5. The lowest BCUT2D eigenvalue weighted by Crippen LogP contribution is -2.42. The molecular formula is C20H18O. The Kier molecular flexibility index (Phi) is 2.16. The van der Waals surface area contributed by atoms with Crippen LogP contribution in [-0.4, -0.2) is 5.11 Å². The molecule has 0 aliphatic heterocycles. The Labute approximate surface area is 124 Å². The van der Waals surface area contributed by atoms with Crippen LogP contribution in [0.5, 0.6) is 0 Å². The number of benzene rings is 2. The third-order valence-corrected chi connectivity index (χ3v) is 5.77. The van der Waals surface area contributed by atoms with Crippen molar-refractivity contribution in [2.24, 2.45) is 5.41 Å². The van der Waals surface area contributed by atoms with Gasteiger partial charge in [0.1, 0.15) is 0 Å². The van der Waals surface area contributed by atoms with Crippen LogP contribution in [-0.2, 0) is 12.8 Å². The normalized spacial score (nSPS) is 32.0. The first kappa shape index (κ1) is 11.8. The van der Waals surface area contributed by atoms with E-state index in [0.29, 0.717) is 5.92 Å². The van der Waals surface area contributed by atoms with Gasteiger partial charge >= 0.3 is 0 Å². The molecule has 0 saturated heterocycles. The van der Waals surface area contributed by atoms with Crippen LogP contribution in [0.1, 0.15) is 40.7 Å². The van der Waals surface area contributed by atoms with Crippen LogP contribution in [0, 0.1) is 5.41 Å². The molecule has 3 aliphatic rings. The topological polar surface area (TPSA) is 20.2 Å². The molecule has 0 radical (unpaired) electrons. The highest BCUT2D eigenvalue weighted by Gasteiger charge is 2.57. The maximum atomic E-state index is 11.0. The summed E-state index contributed by atoms with van der Waals surface area (Å²) in [6.07, 6.45) is 5.32. The van der Waals surface area contributed by atoms with Gasteiger partial charge in [0.05, 0.1) is 6.10 Å². The minimum atomic E-state index is -0.353. The zero-order chi connectivity index (χ0) is 14.0. The molecule has 2 aromatic rings. The maximum absolute atomic E-state index is 11.0. The molecule has 3 atom stereocenters. The van der Waals surface area contributed by atoms with Crippen LogP contribution in [0.25, 0.3) is 0 Å². The molecule has 0 saturated carbocycles. The van der Waals surface area contributed by atoms with Crippen molar-refractivity contribution in [3.63, 3.8) is 0 Å². The second-order valence-corrected chi connectivity index (χ2v) is 6.74. The van der Waals surface area contributed by atoms with E-state index < -0.39 is 0 Å². The molecule has 0 heterocycles. The summed E-state index contributed by atoms with van der Waals surface area (Å²) >= 11 is 0. The summed E-state index contributed by atoms with van der Waals surface area (Å²) in [5.74, 6) is 0.421. The number of hydrogen-bond donors (Lipinski definition) is 1. The molecule has 0 amide bonds.